The van der Waals surface area contributed by atoms with E-state index in [1.807, 2.05) is 30.3 Å². The van der Waals surface area contributed by atoms with E-state index in [0.717, 1.165) is 5.56 Å². The Labute approximate surface area is 147 Å². The molecule has 0 saturated carbocycles. The van der Waals surface area contributed by atoms with E-state index in [4.69, 9.17) is 4.74 Å². The zero-order chi connectivity index (χ0) is 18.1. The van der Waals surface area contributed by atoms with Gasteiger partial charge in [0.15, 0.2) is 6.61 Å². The quantitative estimate of drug-likeness (QED) is 0.575. The van der Waals surface area contributed by atoms with E-state index in [1.165, 1.54) is 18.3 Å². The molecule has 0 aliphatic heterocycles. The molecule has 0 bridgehead atoms. The minimum atomic E-state index is -2.71. The van der Waals surface area contributed by atoms with Crippen LogP contribution in [0.15, 0.2) is 53.7 Å². The van der Waals surface area contributed by atoms with Crippen LogP contribution in [0.3, 0.4) is 0 Å². The van der Waals surface area contributed by atoms with Crippen LogP contribution in [0.1, 0.15) is 15.9 Å². The summed E-state index contributed by atoms with van der Waals surface area (Å²) in [6.07, 6.45) is 1.95. The number of nitrogens with zero attached hydrogens (tertiary/aromatic N) is 1. The van der Waals surface area contributed by atoms with Crippen LogP contribution in [0.2, 0.25) is 0 Å². The number of aromatic nitrogens is 1. The zero-order valence-electron chi connectivity index (χ0n) is 13.2. The smallest absolute Gasteiger partial charge is 0.341 e. The standard InChI is InChI=1S/C17H16F2N2O3S/c18-17(19)25-15-13(7-4-9-21-15)16(23)24-11-14(22)20-10-8-12-5-2-1-3-6-12/h1-7,9,17H,8,10-11H2,(H,20,22). The fourth-order valence-corrected chi connectivity index (χ4v) is 2.54. The number of hydrogen-bond donors (Lipinski definition) is 1. The van der Waals surface area contributed by atoms with Crippen LogP contribution in [-0.4, -0.2) is 35.8 Å². The minimum absolute atomic E-state index is 0.0927. The van der Waals surface area contributed by atoms with E-state index in [9.17, 15) is 18.4 Å². The average molecular weight is 366 g/mol. The van der Waals surface area contributed by atoms with Crippen molar-refractivity contribution in [1.82, 2.24) is 10.3 Å². The third-order valence-corrected chi connectivity index (χ3v) is 3.83. The highest BCUT2D eigenvalue weighted by molar-refractivity contribution is 7.99. The highest BCUT2D eigenvalue weighted by Crippen LogP contribution is 2.26. The summed E-state index contributed by atoms with van der Waals surface area (Å²) < 4.78 is 29.8. The van der Waals surface area contributed by atoms with Gasteiger partial charge in [-0.15, -0.1) is 0 Å². The van der Waals surface area contributed by atoms with Crippen LogP contribution >= 0.6 is 11.8 Å². The van der Waals surface area contributed by atoms with Gasteiger partial charge in [-0.3, -0.25) is 4.79 Å². The van der Waals surface area contributed by atoms with Crippen molar-refractivity contribution in [3.05, 3.63) is 59.8 Å². The first kappa shape index (κ1) is 18.9. The maximum Gasteiger partial charge on any atom is 0.341 e. The predicted octanol–water partition coefficient (Wildman–Crippen LogP) is 2.91. The first-order chi connectivity index (χ1) is 12.1. The molecule has 0 aliphatic rings. The van der Waals surface area contributed by atoms with E-state index in [0.29, 0.717) is 13.0 Å². The van der Waals surface area contributed by atoms with Gasteiger partial charge in [0.05, 0.1) is 5.56 Å². The highest BCUT2D eigenvalue weighted by atomic mass is 32.2. The molecule has 1 aromatic carbocycles. The molecule has 0 aliphatic carbocycles. The lowest BCUT2D eigenvalue weighted by atomic mass is 10.1. The summed E-state index contributed by atoms with van der Waals surface area (Å²) >= 11 is 0.153. The van der Waals surface area contributed by atoms with E-state index < -0.39 is 24.2 Å². The van der Waals surface area contributed by atoms with Crippen molar-refractivity contribution in [2.75, 3.05) is 13.2 Å². The van der Waals surface area contributed by atoms with Crippen LogP contribution in [0.5, 0.6) is 0 Å². The van der Waals surface area contributed by atoms with Gasteiger partial charge in [0, 0.05) is 12.7 Å². The lowest BCUT2D eigenvalue weighted by Crippen LogP contribution is -2.30. The molecule has 0 unspecified atom stereocenters. The van der Waals surface area contributed by atoms with Crippen molar-refractivity contribution < 1.29 is 23.1 Å². The Morgan fingerprint density at radius 1 is 1.16 bits per heavy atom. The molecule has 1 heterocycles. The fraction of sp³-hybridized carbons (Fsp3) is 0.235. The number of thioether (sulfide) groups is 1. The lowest BCUT2D eigenvalue weighted by Gasteiger charge is -2.09. The molecule has 2 rings (SSSR count). The van der Waals surface area contributed by atoms with Gasteiger partial charge in [-0.05, 0) is 35.9 Å². The average Bonchev–Trinajstić information content (AvgIpc) is 2.60. The monoisotopic (exact) mass is 366 g/mol. The minimum Gasteiger partial charge on any atom is -0.452 e. The molecule has 0 atom stereocenters. The van der Waals surface area contributed by atoms with E-state index >= 15 is 0 Å². The molecule has 0 fully saturated rings. The van der Waals surface area contributed by atoms with Crippen LogP contribution in [0.4, 0.5) is 8.78 Å². The van der Waals surface area contributed by atoms with Crippen molar-refractivity contribution in [2.24, 2.45) is 0 Å². The number of ether oxygens (including phenoxy) is 1. The number of rotatable bonds is 8. The van der Waals surface area contributed by atoms with E-state index in [-0.39, 0.29) is 22.4 Å². The molecule has 25 heavy (non-hydrogen) atoms. The Morgan fingerprint density at radius 3 is 2.64 bits per heavy atom. The molecule has 0 radical (unpaired) electrons. The van der Waals surface area contributed by atoms with Crippen molar-refractivity contribution in [3.8, 4) is 0 Å². The Kier molecular flexibility index (Phi) is 7.34. The first-order valence-corrected chi connectivity index (χ1v) is 8.32. The largest absolute Gasteiger partial charge is 0.452 e. The Hall–Kier alpha value is -2.48. The molecule has 2 aromatic rings. The summed E-state index contributed by atoms with van der Waals surface area (Å²) in [4.78, 5) is 27.4. The molecule has 0 saturated heterocycles. The van der Waals surface area contributed by atoms with Gasteiger partial charge in [-0.25, -0.2) is 9.78 Å². The molecule has 0 spiro atoms. The first-order valence-electron chi connectivity index (χ1n) is 7.44. The third kappa shape index (κ3) is 6.50. The predicted molar refractivity (Wildman–Crippen MR) is 89.5 cm³/mol. The topological polar surface area (TPSA) is 68.3 Å². The van der Waals surface area contributed by atoms with E-state index in [1.54, 1.807) is 0 Å². The number of hydrogen-bond acceptors (Lipinski definition) is 5. The maximum atomic E-state index is 12.5. The molecule has 1 aromatic heterocycles. The van der Waals surface area contributed by atoms with Gasteiger partial charge in [0.25, 0.3) is 11.7 Å². The highest BCUT2D eigenvalue weighted by Gasteiger charge is 2.18. The number of halogens is 2. The summed E-state index contributed by atoms with van der Waals surface area (Å²) in [5.41, 5.74) is 0.980. The number of nitrogens with one attached hydrogen (secondary N) is 1. The molecular formula is C17H16F2N2O3S. The number of esters is 1. The molecule has 1 N–H and O–H groups in total. The van der Waals surface area contributed by atoms with E-state index in [2.05, 4.69) is 10.3 Å². The second-order valence-electron chi connectivity index (χ2n) is 4.90. The van der Waals surface area contributed by atoms with Gasteiger partial charge in [0.2, 0.25) is 0 Å². The van der Waals surface area contributed by atoms with Crippen molar-refractivity contribution >= 4 is 23.6 Å². The van der Waals surface area contributed by atoms with Crippen molar-refractivity contribution in [2.45, 2.75) is 17.2 Å². The maximum absolute atomic E-state index is 12.5. The summed E-state index contributed by atoms with van der Waals surface area (Å²) in [5, 5.41) is 2.50. The van der Waals surface area contributed by atoms with Gasteiger partial charge < -0.3 is 10.1 Å². The van der Waals surface area contributed by atoms with Gasteiger partial charge in [-0.1, -0.05) is 30.3 Å². The van der Waals surface area contributed by atoms with Crippen molar-refractivity contribution in [1.29, 1.82) is 0 Å². The fourth-order valence-electron chi connectivity index (χ4n) is 1.98. The summed E-state index contributed by atoms with van der Waals surface area (Å²) in [6.45, 7) is -0.0823. The second-order valence-corrected chi connectivity index (χ2v) is 5.88. The van der Waals surface area contributed by atoms with Crippen LogP contribution in [-0.2, 0) is 16.0 Å². The number of pyridine rings is 1. The molecular weight excluding hydrogens is 350 g/mol. The zero-order valence-corrected chi connectivity index (χ0v) is 14.0. The molecule has 5 nitrogen and oxygen atoms in total. The van der Waals surface area contributed by atoms with Crippen molar-refractivity contribution in [3.63, 3.8) is 0 Å². The van der Waals surface area contributed by atoms with Crippen LogP contribution in [0, 0.1) is 0 Å². The number of benzene rings is 1. The molecule has 8 heteroatoms. The van der Waals surface area contributed by atoms with Gasteiger partial charge in [0.1, 0.15) is 5.03 Å². The van der Waals surface area contributed by atoms with Crippen LogP contribution in [0.25, 0.3) is 0 Å². The SMILES string of the molecule is O=C(COC(=O)c1cccnc1SC(F)F)NCCc1ccccc1. The number of carbonyl (C=O) groups excluding carboxylic acids is 2. The summed E-state index contributed by atoms with van der Waals surface area (Å²) in [7, 11) is 0. The summed E-state index contributed by atoms with van der Waals surface area (Å²) in [5.74, 6) is -4.03. The number of alkyl halides is 2. The Balaban J connectivity index is 1.78. The number of carbonyl (C=O) groups is 2. The Bertz CT molecular complexity index is 714. The molecule has 132 valence electrons. The Morgan fingerprint density at radius 2 is 1.92 bits per heavy atom. The van der Waals surface area contributed by atoms with Gasteiger partial charge in [-0.2, -0.15) is 8.78 Å². The summed E-state index contributed by atoms with van der Waals surface area (Å²) in [6, 6.07) is 12.4. The number of amides is 1. The third-order valence-electron chi connectivity index (χ3n) is 3.10. The lowest BCUT2D eigenvalue weighted by molar-refractivity contribution is -0.124. The molecule has 1 amide bonds. The van der Waals surface area contributed by atoms with Gasteiger partial charge >= 0.3 is 5.97 Å². The normalized spacial score (nSPS) is 10.5. The van der Waals surface area contributed by atoms with Crippen LogP contribution < -0.4 is 5.32 Å². The second kappa shape index (κ2) is 9.73.